The quantitative estimate of drug-likeness (QED) is 0.782. The third-order valence-electron chi connectivity index (χ3n) is 3.91. The molecule has 1 aromatic rings. The highest BCUT2D eigenvalue weighted by molar-refractivity contribution is 5.74. The second-order valence-corrected chi connectivity index (χ2v) is 5.53. The van der Waals surface area contributed by atoms with Crippen molar-refractivity contribution in [2.45, 2.75) is 44.2 Å². The Labute approximate surface area is 122 Å². The first-order valence-electron chi connectivity index (χ1n) is 7.15. The van der Waals surface area contributed by atoms with E-state index in [1.54, 1.807) is 6.92 Å². The van der Waals surface area contributed by atoms with Crippen molar-refractivity contribution in [1.82, 2.24) is 10.6 Å². The number of halogens is 2. The monoisotopic (exact) mass is 298 g/mol. The van der Waals surface area contributed by atoms with Gasteiger partial charge in [-0.25, -0.2) is 13.6 Å². The molecule has 0 heterocycles. The highest BCUT2D eigenvalue weighted by atomic mass is 19.1. The van der Waals surface area contributed by atoms with Gasteiger partial charge in [0.05, 0.1) is 11.6 Å². The minimum Gasteiger partial charge on any atom is -0.388 e. The summed E-state index contributed by atoms with van der Waals surface area (Å²) in [6, 6.07) is 2.06. The number of urea groups is 1. The third-order valence-corrected chi connectivity index (χ3v) is 3.91. The molecule has 4 nitrogen and oxygen atoms in total. The van der Waals surface area contributed by atoms with Crippen LogP contribution in [0.1, 0.15) is 44.2 Å². The van der Waals surface area contributed by atoms with Crippen molar-refractivity contribution in [2.24, 2.45) is 0 Å². The predicted molar refractivity (Wildman–Crippen MR) is 74.7 cm³/mol. The number of hydrogen-bond donors (Lipinski definition) is 3. The Hall–Kier alpha value is -1.69. The fourth-order valence-corrected chi connectivity index (χ4v) is 2.40. The predicted octanol–water partition coefficient (Wildman–Crippen LogP) is 2.63. The lowest BCUT2D eigenvalue weighted by molar-refractivity contribution is -0.0290. The average Bonchev–Trinajstić information content (AvgIpc) is 2.43. The zero-order valence-corrected chi connectivity index (χ0v) is 12.0. The van der Waals surface area contributed by atoms with E-state index in [0.29, 0.717) is 19.3 Å². The fourth-order valence-electron chi connectivity index (χ4n) is 2.40. The molecule has 0 aromatic heterocycles. The van der Waals surface area contributed by atoms with Crippen LogP contribution in [0.4, 0.5) is 13.6 Å². The van der Waals surface area contributed by atoms with Gasteiger partial charge in [0.25, 0.3) is 0 Å². The lowest BCUT2D eigenvalue weighted by Crippen LogP contribution is -2.50. The zero-order valence-electron chi connectivity index (χ0n) is 12.0. The van der Waals surface area contributed by atoms with Crippen molar-refractivity contribution < 1.29 is 18.7 Å². The first-order valence-corrected chi connectivity index (χ1v) is 7.15. The number of carbonyl (C=O) groups excluding carboxylic acids is 1. The number of hydrogen-bond acceptors (Lipinski definition) is 2. The molecule has 6 heteroatoms. The average molecular weight is 298 g/mol. The number of nitrogens with one attached hydrogen (secondary N) is 2. The molecular formula is C15H20F2N2O2. The van der Waals surface area contributed by atoms with Crippen molar-refractivity contribution >= 4 is 6.03 Å². The van der Waals surface area contributed by atoms with Crippen LogP contribution in [0.2, 0.25) is 0 Å². The number of amides is 2. The second-order valence-electron chi connectivity index (χ2n) is 5.53. The van der Waals surface area contributed by atoms with Gasteiger partial charge in [0.1, 0.15) is 11.6 Å². The standard InChI is InChI=1S/C15H20F2N2O2/c1-2-13(11-8-10(16)4-5-12(11)17)19-14(20)18-9-15(21)6-3-7-15/h4-5,8,13,21H,2-3,6-7,9H2,1H3,(H2,18,19,20). The van der Waals surface area contributed by atoms with E-state index in [-0.39, 0.29) is 12.1 Å². The first kappa shape index (κ1) is 15.7. The fraction of sp³-hybridized carbons (Fsp3) is 0.533. The van der Waals surface area contributed by atoms with E-state index in [4.69, 9.17) is 0 Å². The normalized spacial score (nSPS) is 17.7. The van der Waals surface area contributed by atoms with Crippen LogP contribution in [0, 0.1) is 11.6 Å². The van der Waals surface area contributed by atoms with Crippen molar-refractivity contribution in [2.75, 3.05) is 6.54 Å². The van der Waals surface area contributed by atoms with Crippen LogP contribution in [0.25, 0.3) is 0 Å². The van der Waals surface area contributed by atoms with Crippen molar-refractivity contribution in [3.8, 4) is 0 Å². The van der Waals surface area contributed by atoms with E-state index in [9.17, 15) is 18.7 Å². The summed E-state index contributed by atoms with van der Waals surface area (Å²) < 4.78 is 26.9. The summed E-state index contributed by atoms with van der Waals surface area (Å²) in [6.07, 6.45) is 2.72. The number of rotatable bonds is 5. The molecule has 1 aliphatic carbocycles. The summed E-state index contributed by atoms with van der Waals surface area (Å²) in [7, 11) is 0. The molecular weight excluding hydrogens is 278 g/mol. The molecule has 1 saturated carbocycles. The summed E-state index contributed by atoms with van der Waals surface area (Å²) >= 11 is 0. The van der Waals surface area contributed by atoms with Gasteiger partial charge >= 0.3 is 6.03 Å². The summed E-state index contributed by atoms with van der Waals surface area (Å²) in [5, 5.41) is 15.1. The van der Waals surface area contributed by atoms with Gasteiger partial charge in [-0.15, -0.1) is 0 Å². The number of benzene rings is 1. The van der Waals surface area contributed by atoms with E-state index >= 15 is 0 Å². The van der Waals surface area contributed by atoms with Crippen LogP contribution in [0.3, 0.4) is 0 Å². The molecule has 1 fully saturated rings. The van der Waals surface area contributed by atoms with Gasteiger partial charge in [-0.05, 0) is 43.9 Å². The summed E-state index contributed by atoms with van der Waals surface area (Å²) in [5.41, 5.74) is -0.696. The van der Waals surface area contributed by atoms with Crippen molar-refractivity contribution in [1.29, 1.82) is 0 Å². The van der Waals surface area contributed by atoms with Crippen LogP contribution >= 0.6 is 0 Å². The highest BCUT2D eigenvalue weighted by Gasteiger charge is 2.34. The van der Waals surface area contributed by atoms with Gasteiger partial charge in [0, 0.05) is 12.1 Å². The highest BCUT2D eigenvalue weighted by Crippen LogP contribution is 2.30. The van der Waals surface area contributed by atoms with Crippen LogP contribution in [0.15, 0.2) is 18.2 Å². The molecule has 21 heavy (non-hydrogen) atoms. The lowest BCUT2D eigenvalue weighted by Gasteiger charge is -2.36. The maximum absolute atomic E-state index is 13.7. The minimum absolute atomic E-state index is 0.120. The first-order chi connectivity index (χ1) is 9.93. The van der Waals surface area contributed by atoms with E-state index in [1.165, 1.54) is 0 Å². The van der Waals surface area contributed by atoms with E-state index < -0.39 is 29.3 Å². The Morgan fingerprint density at radius 3 is 2.71 bits per heavy atom. The molecule has 2 rings (SSSR count). The molecule has 116 valence electrons. The molecule has 1 atom stereocenters. The van der Waals surface area contributed by atoms with Gasteiger partial charge in [0.2, 0.25) is 0 Å². The van der Waals surface area contributed by atoms with Crippen molar-refractivity contribution in [3.05, 3.63) is 35.4 Å². The molecule has 0 aliphatic heterocycles. The van der Waals surface area contributed by atoms with E-state index in [0.717, 1.165) is 24.6 Å². The molecule has 1 aromatic carbocycles. The van der Waals surface area contributed by atoms with Gasteiger partial charge in [-0.1, -0.05) is 6.92 Å². The van der Waals surface area contributed by atoms with Crippen LogP contribution in [-0.4, -0.2) is 23.3 Å². The molecule has 2 amide bonds. The van der Waals surface area contributed by atoms with Gasteiger partial charge < -0.3 is 15.7 Å². The topological polar surface area (TPSA) is 61.4 Å². The second kappa shape index (κ2) is 6.39. The smallest absolute Gasteiger partial charge is 0.315 e. The Balaban J connectivity index is 1.95. The maximum atomic E-state index is 13.7. The van der Waals surface area contributed by atoms with Crippen LogP contribution in [0.5, 0.6) is 0 Å². The Morgan fingerprint density at radius 1 is 1.43 bits per heavy atom. The van der Waals surface area contributed by atoms with Crippen LogP contribution in [-0.2, 0) is 0 Å². The van der Waals surface area contributed by atoms with Gasteiger partial charge in [0.15, 0.2) is 0 Å². The lowest BCUT2D eigenvalue weighted by atomic mass is 9.80. The summed E-state index contributed by atoms with van der Waals surface area (Å²) in [5.74, 6) is -1.10. The van der Waals surface area contributed by atoms with E-state index in [2.05, 4.69) is 10.6 Å². The Morgan fingerprint density at radius 2 is 2.14 bits per heavy atom. The van der Waals surface area contributed by atoms with Gasteiger partial charge in [-0.3, -0.25) is 0 Å². The maximum Gasteiger partial charge on any atom is 0.315 e. The largest absolute Gasteiger partial charge is 0.388 e. The zero-order chi connectivity index (χ0) is 15.5. The molecule has 1 unspecified atom stereocenters. The molecule has 0 saturated heterocycles. The third kappa shape index (κ3) is 3.91. The summed E-state index contributed by atoms with van der Waals surface area (Å²) in [6.45, 7) is 1.94. The molecule has 0 radical (unpaired) electrons. The SMILES string of the molecule is CCC(NC(=O)NCC1(O)CCC1)c1cc(F)ccc1F. The van der Waals surface area contributed by atoms with Crippen LogP contribution < -0.4 is 10.6 Å². The summed E-state index contributed by atoms with van der Waals surface area (Å²) in [4.78, 5) is 11.8. The number of carbonyl (C=O) groups is 1. The Kier molecular flexibility index (Phi) is 4.77. The minimum atomic E-state index is -0.816. The molecule has 3 N–H and O–H groups in total. The number of aliphatic hydroxyl groups is 1. The molecule has 1 aliphatic rings. The van der Waals surface area contributed by atoms with Gasteiger partial charge in [-0.2, -0.15) is 0 Å². The Bertz CT molecular complexity index is 518. The molecule has 0 bridgehead atoms. The molecule has 0 spiro atoms. The van der Waals surface area contributed by atoms with Crippen molar-refractivity contribution in [3.63, 3.8) is 0 Å². The van der Waals surface area contributed by atoms with E-state index in [1.807, 2.05) is 0 Å².